The standard InChI is InChI=1S/C13H19N3/c1-10-3-6-12(15-2)9-16(10)13-7-4-11(14)5-8-13/h3-8,10,12,15H,9,14H2,1-2H3. The third kappa shape index (κ3) is 2.19. The number of nitrogen functional groups attached to an aromatic ring is 1. The van der Waals surface area contributed by atoms with Crippen LogP contribution in [0.25, 0.3) is 0 Å². The van der Waals surface area contributed by atoms with Crippen molar-refractivity contribution >= 4 is 11.4 Å². The van der Waals surface area contributed by atoms with Gasteiger partial charge in [0.15, 0.2) is 0 Å². The van der Waals surface area contributed by atoms with E-state index in [-0.39, 0.29) is 0 Å². The van der Waals surface area contributed by atoms with Crippen LogP contribution in [0.5, 0.6) is 0 Å². The van der Waals surface area contributed by atoms with Crippen LogP contribution in [0, 0.1) is 0 Å². The number of rotatable bonds is 2. The van der Waals surface area contributed by atoms with Gasteiger partial charge in [-0.3, -0.25) is 0 Å². The van der Waals surface area contributed by atoms with Gasteiger partial charge in [0.1, 0.15) is 0 Å². The van der Waals surface area contributed by atoms with Gasteiger partial charge in [-0.15, -0.1) is 0 Å². The average Bonchev–Trinajstić information content (AvgIpc) is 2.31. The minimum absolute atomic E-state index is 0.425. The third-order valence-corrected chi connectivity index (χ3v) is 3.10. The number of benzene rings is 1. The van der Waals surface area contributed by atoms with E-state index in [1.807, 2.05) is 19.2 Å². The molecule has 3 nitrogen and oxygen atoms in total. The van der Waals surface area contributed by atoms with Crippen LogP contribution in [0.2, 0.25) is 0 Å². The lowest BCUT2D eigenvalue weighted by molar-refractivity contribution is 0.584. The minimum atomic E-state index is 0.425. The first-order valence-corrected chi connectivity index (χ1v) is 5.68. The van der Waals surface area contributed by atoms with Crippen molar-refractivity contribution < 1.29 is 0 Å². The first kappa shape index (κ1) is 11.0. The zero-order chi connectivity index (χ0) is 11.5. The molecule has 2 atom stereocenters. The molecule has 3 heteroatoms. The van der Waals surface area contributed by atoms with Crippen LogP contribution < -0.4 is 16.0 Å². The number of anilines is 2. The largest absolute Gasteiger partial charge is 0.399 e. The summed E-state index contributed by atoms with van der Waals surface area (Å²) in [4.78, 5) is 2.38. The molecule has 0 spiro atoms. The molecule has 2 unspecified atom stereocenters. The molecule has 0 saturated carbocycles. The van der Waals surface area contributed by atoms with E-state index in [0.717, 1.165) is 12.2 Å². The van der Waals surface area contributed by atoms with Crippen molar-refractivity contribution in [3.8, 4) is 0 Å². The first-order valence-electron chi connectivity index (χ1n) is 5.68. The smallest absolute Gasteiger partial charge is 0.0446 e. The summed E-state index contributed by atoms with van der Waals surface area (Å²) in [6, 6.07) is 8.93. The van der Waals surface area contributed by atoms with Crippen molar-refractivity contribution in [2.75, 3.05) is 24.2 Å². The summed E-state index contributed by atoms with van der Waals surface area (Å²) in [6.07, 6.45) is 4.47. The highest BCUT2D eigenvalue weighted by Gasteiger charge is 2.19. The predicted octanol–water partition coefficient (Wildman–Crippen LogP) is 1.62. The topological polar surface area (TPSA) is 41.3 Å². The molecule has 3 N–H and O–H groups in total. The van der Waals surface area contributed by atoms with Gasteiger partial charge in [0.25, 0.3) is 0 Å². The second-order valence-electron chi connectivity index (χ2n) is 4.26. The third-order valence-electron chi connectivity index (χ3n) is 3.10. The maximum absolute atomic E-state index is 5.70. The van der Waals surface area contributed by atoms with Crippen molar-refractivity contribution in [2.24, 2.45) is 0 Å². The molecule has 16 heavy (non-hydrogen) atoms. The zero-order valence-electron chi connectivity index (χ0n) is 9.85. The molecule has 0 aliphatic carbocycles. The Kier molecular flexibility index (Phi) is 3.15. The number of hydrogen-bond donors (Lipinski definition) is 2. The zero-order valence-corrected chi connectivity index (χ0v) is 9.85. The van der Waals surface area contributed by atoms with E-state index < -0.39 is 0 Å². The lowest BCUT2D eigenvalue weighted by Crippen LogP contribution is -2.45. The van der Waals surface area contributed by atoms with Gasteiger partial charge in [-0.25, -0.2) is 0 Å². The Morgan fingerprint density at radius 1 is 1.25 bits per heavy atom. The summed E-state index contributed by atoms with van der Waals surface area (Å²) in [7, 11) is 1.99. The van der Waals surface area contributed by atoms with Gasteiger partial charge in [0.05, 0.1) is 0 Å². The molecule has 1 aliphatic rings. The molecule has 0 radical (unpaired) electrons. The van der Waals surface area contributed by atoms with Gasteiger partial charge in [-0.1, -0.05) is 12.2 Å². The molecular formula is C13H19N3. The molecule has 2 rings (SSSR count). The molecule has 0 saturated heterocycles. The van der Waals surface area contributed by atoms with E-state index >= 15 is 0 Å². The molecule has 0 bridgehead atoms. The molecule has 0 aromatic heterocycles. The Morgan fingerprint density at radius 3 is 2.56 bits per heavy atom. The molecular weight excluding hydrogens is 198 g/mol. The number of nitrogens with two attached hydrogens (primary N) is 1. The fraction of sp³-hybridized carbons (Fsp3) is 0.385. The van der Waals surface area contributed by atoms with Crippen LogP contribution in [-0.4, -0.2) is 25.7 Å². The van der Waals surface area contributed by atoms with Gasteiger partial charge >= 0.3 is 0 Å². The predicted molar refractivity (Wildman–Crippen MR) is 69.7 cm³/mol. The van der Waals surface area contributed by atoms with Crippen LogP contribution in [0.15, 0.2) is 36.4 Å². The maximum Gasteiger partial charge on any atom is 0.0446 e. The van der Waals surface area contributed by atoms with Crippen LogP contribution >= 0.6 is 0 Å². The van der Waals surface area contributed by atoms with Crippen molar-refractivity contribution in [1.29, 1.82) is 0 Å². The van der Waals surface area contributed by atoms with E-state index in [4.69, 9.17) is 5.73 Å². The molecule has 86 valence electrons. The number of nitrogens with zero attached hydrogens (tertiary/aromatic N) is 1. The highest BCUT2D eigenvalue weighted by atomic mass is 15.2. The van der Waals surface area contributed by atoms with E-state index in [0.29, 0.717) is 12.1 Å². The van der Waals surface area contributed by atoms with Crippen molar-refractivity contribution in [3.05, 3.63) is 36.4 Å². The Hall–Kier alpha value is -1.48. The Morgan fingerprint density at radius 2 is 1.94 bits per heavy atom. The van der Waals surface area contributed by atoms with E-state index in [2.05, 4.69) is 41.4 Å². The van der Waals surface area contributed by atoms with E-state index in [1.54, 1.807) is 0 Å². The van der Waals surface area contributed by atoms with Crippen LogP contribution in [-0.2, 0) is 0 Å². The van der Waals surface area contributed by atoms with Crippen LogP contribution in [0.3, 0.4) is 0 Å². The lowest BCUT2D eigenvalue weighted by Gasteiger charge is -2.35. The monoisotopic (exact) mass is 217 g/mol. The summed E-state index contributed by atoms with van der Waals surface area (Å²) in [5.74, 6) is 0. The van der Waals surface area contributed by atoms with Crippen molar-refractivity contribution in [1.82, 2.24) is 5.32 Å². The number of likely N-dealkylation sites (N-methyl/N-ethyl adjacent to an activating group) is 1. The normalized spacial score (nSPS) is 24.8. The highest BCUT2D eigenvalue weighted by molar-refractivity contribution is 5.55. The Balaban J connectivity index is 2.20. The van der Waals surface area contributed by atoms with E-state index in [9.17, 15) is 0 Å². The van der Waals surface area contributed by atoms with Crippen molar-refractivity contribution in [2.45, 2.75) is 19.0 Å². The summed E-state index contributed by atoms with van der Waals surface area (Å²) in [6.45, 7) is 3.21. The highest BCUT2D eigenvalue weighted by Crippen LogP contribution is 2.22. The maximum atomic E-state index is 5.70. The average molecular weight is 217 g/mol. The van der Waals surface area contributed by atoms with Gasteiger partial charge in [-0.05, 0) is 38.2 Å². The summed E-state index contributed by atoms with van der Waals surface area (Å²) in [5, 5.41) is 3.28. The minimum Gasteiger partial charge on any atom is -0.399 e. The molecule has 0 fully saturated rings. The molecule has 0 amide bonds. The summed E-state index contributed by atoms with van der Waals surface area (Å²) >= 11 is 0. The van der Waals surface area contributed by atoms with Gasteiger partial charge in [0.2, 0.25) is 0 Å². The fourth-order valence-corrected chi connectivity index (χ4v) is 2.03. The van der Waals surface area contributed by atoms with Crippen LogP contribution in [0.1, 0.15) is 6.92 Å². The number of nitrogens with one attached hydrogen (secondary N) is 1. The fourth-order valence-electron chi connectivity index (χ4n) is 2.03. The molecule has 1 aromatic rings. The van der Waals surface area contributed by atoms with Crippen molar-refractivity contribution in [3.63, 3.8) is 0 Å². The summed E-state index contributed by atoms with van der Waals surface area (Å²) < 4.78 is 0. The second kappa shape index (κ2) is 4.58. The molecule has 1 heterocycles. The SMILES string of the molecule is CNC1C=CC(C)N(c2ccc(N)cc2)C1. The molecule has 1 aromatic carbocycles. The Bertz CT molecular complexity index is 369. The second-order valence-corrected chi connectivity index (χ2v) is 4.26. The molecule has 1 aliphatic heterocycles. The quantitative estimate of drug-likeness (QED) is 0.584. The first-order chi connectivity index (χ1) is 7.70. The van der Waals surface area contributed by atoms with E-state index in [1.165, 1.54) is 5.69 Å². The number of hydrogen-bond acceptors (Lipinski definition) is 3. The Labute approximate surface area is 96.9 Å². The summed E-state index contributed by atoms with van der Waals surface area (Å²) in [5.41, 5.74) is 7.74. The van der Waals surface area contributed by atoms with Gasteiger partial charge in [-0.2, -0.15) is 0 Å². The van der Waals surface area contributed by atoms with Crippen LogP contribution in [0.4, 0.5) is 11.4 Å². The van der Waals surface area contributed by atoms with Gasteiger partial charge < -0.3 is 16.0 Å². The van der Waals surface area contributed by atoms with Gasteiger partial charge in [0, 0.05) is 30.0 Å². The lowest BCUT2D eigenvalue weighted by atomic mass is 10.1.